The first kappa shape index (κ1) is 16.8. The number of amides is 1. The molecule has 1 aromatic carbocycles. The summed E-state index contributed by atoms with van der Waals surface area (Å²) < 4.78 is 5.09. The number of nitrogens with zero attached hydrogens (tertiary/aromatic N) is 1. The smallest absolute Gasteiger partial charge is 0.341 e. The molecular weight excluding hydrogens is 348 g/mol. The monoisotopic (exact) mass is 362 g/mol. The summed E-state index contributed by atoms with van der Waals surface area (Å²) in [6.07, 6.45) is 3.57. The number of rotatable bonds is 6. The highest BCUT2D eigenvalue weighted by atomic mass is 35.5. The fourth-order valence-corrected chi connectivity index (χ4v) is 3.11. The quantitative estimate of drug-likeness (QED) is 0.798. The van der Waals surface area contributed by atoms with Crippen LogP contribution in [0.3, 0.4) is 0 Å². The van der Waals surface area contributed by atoms with Crippen LogP contribution >= 0.6 is 23.4 Å². The number of hydrogen-bond donors (Lipinski definition) is 1. The molecule has 1 aliphatic rings. The molecule has 7 heteroatoms. The summed E-state index contributed by atoms with van der Waals surface area (Å²) in [4.78, 5) is 28.9. The lowest BCUT2D eigenvalue weighted by Crippen LogP contribution is -2.30. The average molecular weight is 363 g/mol. The lowest BCUT2D eigenvalue weighted by Gasteiger charge is -2.09. The fourth-order valence-electron chi connectivity index (χ4n) is 1.97. The number of ether oxygens (including phenoxy) is 1. The van der Waals surface area contributed by atoms with Crippen molar-refractivity contribution in [1.29, 1.82) is 0 Å². The van der Waals surface area contributed by atoms with E-state index in [1.54, 1.807) is 24.4 Å². The van der Waals surface area contributed by atoms with E-state index in [1.807, 2.05) is 18.2 Å². The number of halogens is 1. The molecule has 1 heterocycles. The topological polar surface area (TPSA) is 68.3 Å². The first-order valence-corrected chi connectivity index (χ1v) is 8.67. The molecule has 3 rings (SSSR count). The van der Waals surface area contributed by atoms with E-state index in [2.05, 4.69) is 10.3 Å². The normalized spacial score (nSPS) is 13.4. The standard InChI is InChI=1S/C17H15ClN2O3S/c18-13-5-1-2-6-14(13)24-16-12(4-3-9-19-16)17(22)23-10-15(21)20-11-7-8-11/h1-6,9,11H,7-8,10H2,(H,20,21). The average Bonchev–Trinajstić information content (AvgIpc) is 3.39. The van der Waals surface area contributed by atoms with Crippen molar-refractivity contribution < 1.29 is 14.3 Å². The molecule has 0 radical (unpaired) electrons. The third-order valence-electron chi connectivity index (χ3n) is 3.31. The van der Waals surface area contributed by atoms with Crippen molar-refractivity contribution in [3.63, 3.8) is 0 Å². The van der Waals surface area contributed by atoms with Crippen molar-refractivity contribution in [1.82, 2.24) is 10.3 Å². The number of hydrogen-bond acceptors (Lipinski definition) is 5. The summed E-state index contributed by atoms with van der Waals surface area (Å²) in [6.45, 7) is -0.291. The van der Waals surface area contributed by atoms with Gasteiger partial charge < -0.3 is 10.1 Å². The van der Waals surface area contributed by atoms with Gasteiger partial charge in [0, 0.05) is 17.1 Å². The van der Waals surface area contributed by atoms with Gasteiger partial charge in [0.05, 0.1) is 10.6 Å². The van der Waals surface area contributed by atoms with Gasteiger partial charge in [-0.15, -0.1) is 0 Å². The summed E-state index contributed by atoms with van der Waals surface area (Å²) in [5.74, 6) is -0.862. The zero-order valence-corrected chi connectivity index (χ0v) is 14.3. The molecule has 124 valence electrons. The van der Waals surface area contributed by atoms with E-state index in [0.29, 0.717) is 15.6 Å². The van der Waals surface area contributed by atoms with Crippen LogP contribution in [-0.4, -0.2) is 29.5 Å². The highest BCUT2D eigenvalue weighted by molar-refractivity contribution is 7.99. The number of carbonyl (C=O) groups excluding carboxylic acids is 2. The van der Waals surface area contributed by atoms with Crippen molar-refractivity contribution in [2.45, 2.75) is 28.8 Å². The number of benzene rings is 1. The van der Waals surface area contributed by atoms with Crippen LogP contribution in [0.15, 0.2) is 52.5 Å². The Morgan fingerprint density at radius 2 is 2.04 bits per heavy atom. The molecule has 0 saturated heterocycles. The molecule has 24 heavy (non-hydrogen) atoms. The Hall–Kier alpha value is -2.05. The second kappa shape index (κ2) is 7.68. The first-order chi connectivity index (χ1) is 11.6. The van der Waals surface area contributed by atoms with Crippen molar-refractivity contribution in [2.24, 2.45) is 0 Å². The lowest BCUT2D eigenvalue weighted by molar-refractivity contribution is -0.124. The highest BCUT2D eigenvalue weighted by Gasteiger charge is 2.24. The van der Waals surface area contributed by atoms with Gasteiger partial charge in [-0.1, -0.05) is 35.5 Å². The number of aromatic nitrogens is 1. The van der Waals surface area contributed by atoms with Crippen molar-refractivity contribution in [3.05, 3.63) is 53.2 Å². The third-order valence-corrected chi connectivity index (χ3v) is 4.85. The molecule has 1 fully saturated rings. The van der Waals surface area contributed by atoms with E-state index in [-0.39, 0.29) is 18.6 Å². The fraction of sp³-hybridized carbons (Fsp3) is 0.235. The summed E-state index contributed by atoms with van der Waals surface area (Å²) in [6, 6.07) is 10.8. The molecule has 1 aliphatic carbocycles. The second-order valence-electron chi connectivity index (χ2n) is 5.31. The Bertz CT molecular complexity index is 765. The molecule has 0 bridgehead atoms. The van der Waals surface area contributed by atoms with Gasteiger partial charge in [-0.2, -0.15) is 0 Å². The Morgan fingerprint density at radius 3 is 2.79 bits per heavy atom. The number of pyridine rings is 1. The van der Waals surface area contributed by atoms with Crippen LogP contribution in [0.2, 0.25) is 5.02 Å². The van der Waals surface area contributed by atoms with E-state index in [4.69, 9.17) is 16.3 Å². The Labute approximate surface area is 148 Å². The van der Waals surface area contributed by atoms with Gasteiger partial charge in [-0.3, -0.25) is 4.79 Å². The molecule has 2 aromatic rings. The number of nitrogens with one attached hydrogen (secondary N) is 1. The predicted octanol–water partition coefficient (Wildman–Crippen LogP) is 3.32. The maximum atomic E-state index is 12.3. The number of carbonyl (C=O) groups is 2. The van der Waals surface area contributed by atoms with Gasteiger partial charge >= 0.3 is 5.97 Å². The molecule has 0 unspecified atom stereocenters. The molecule has 0 aliphatic heterocycles. The van der Waals surface area contributed by atoms with Crippen LogP contribution in [0.5, 0.6) is 0 Å². The van der Waals surface area contributed by atoms with Gasteiger partial charge in [0.2, 0.25) is 0 Å². The molecule has 1 saturated carbocycles. The van der Waals surface area contributed by atoms with E-state index in [9.17, 15) is 9.59 Å². The van der Waals surface area contributed by atoms with Crippen molar-refractivity contribution in [3.8, 4) is 0 Å². The first-order valence-electron chi connectivity index (χ1n) is 7.47. The molecule has 1 N–H and O–H groups in total. The molecule has 5 nitrogen and oxygen atoms in total. The Morgan fingerprint density at radius 1 is 1.25 bits per heavy atom. The summed E-state index contributed by atoms with van der Waals surface area (Å²) >= 11 is 7.43. The van der Waals surface area contributed by atoms with Gasteiger partial charge in [0.1, 0.15) is 5.03 Å². The summed E-state index contributed by atoms with van der Waals surface area (Å²) in [5, 5.41) is 3.83. The maximum Gasteiger partial charge on any atom is 0.341 e. The zero-order chi connectivity index (χ0) is 16.9. The predicted molar refractivity (Wildman–Crippen MR) is 91.3 cm³/mol. The van der Waals surface area contributed by atoms with Gasteiger partial charge in [0.15, 0.2) is 6.61 Å². The lowest BCUT2D eigenvalue weighted by atomic mass is 10.3. The van der Waals surface area contributed by atoms with E-state index >= 15 is 0 Å². The molecular formula is C17H15ClN2O3S. The summed E-state index contributed by atoms with van der Waals surface area (Å²) in [5.41, 5.74) is 0.307. The van der Waals surface area contributed by atoms with Crippen molar-refractivity contribution in [2.75, 3.05) is 6.61 Å². The minimum Gasteiger partial charge on any atom is -0.452 e. The molecule has 0 atom stereocenters. The van der Waals surface area contributed by atoms with E-state index < -0.39 is 5.97 Å². The largest absolute Gasteiger partial charge is 0.452 e. The van der Waals surface area contributed by atoms with Crippen LogP contribution in [0.25, 0.3) is 0 Å². The molecule has 1 amide bonds. The minimum atomic E-state index is -0.580. The highest BCUT2D eigenvalue weighted by Crippen LogP contribution is 2.33. The molecule has 1 aromatic heterocycles. The minimum absolute atomic E-state index is 0.237. The van der Waals surface area contributed by atoms with Crippen LogP contribution in [0, 0.1) is 0 Å². The maximum absolute atomic E-state index is 12.3. The van der Waals surface area contributed by atoms with Crippen LogP contribution < -0.4 is 5.32 Å². The van der Waals surface area contributed by atoms with Crippen molar-refractivity contribution >= 4 is 35.2 Å². The van der Waals surface area contributed by atoms with Gasteiger partial charge in [-0.25, -0.2) is 9.78 Å². The Balaban J connectivity index is 1.67. The van der Waals surface area contributed by atoms with E-state index in [0.717, 1.165) is 17.7 Å². The van der Waals surface area contributed by atoms with E-state index in [1.165, 1.54) is 11.8 Å². The molecule has 0 spiro atoms. The number of esters is 1. The second-order valence-corrected chi connectivity index (χ2v) is 6.74. The SMILES string of the molecule is O=C(COC(=O)c1cccnc1Sc1ccccc1Cl)NC1CC1. The zero-order valence-electron chi connectivity index (χ0n) is 12.7. The van der Waals surface area contributed by atoms with Gasteiger partial charge in [0.25, 0.3) is 5.91 Å². The third kappa shape index (κ3) is 4.49. The van der Waals surface area contributed by atoms with Crippen LogP contribution in [0.1, 0.15) is 23.2 Å². The summed E-state index contributed by atoms with van der Waals surface area (Å²) in [7, 11) is 0. The Kier molecular flexibility index (Phi) is 5.37. The van der Waals surface area contributed by atoms with Gasteiger partial charge in [-0.05, 0) is 37.1 Å². The van der Waals surface area contributed by atoms with Crippen LogP contribution in [0.4, 0.5) is 0 Å². The van der Waals surface area contributed by atoms with Crippen LogP contribution in [-0.2, 0) is 9.53 Å².